The van der Waals surface area contributed by atoms with Crippen LogP contribution in [-0.2, 0) is 80.0 Å². The molecular formula is C111H150N20O12. The minimum absolute atomic E-state index is 0.0491. The second kappa shape index (κ2) is 48.6. The minimum Gasteiger partial charge on any atom is -0.480 e. The molecular weight excluding hydrogens is 1810 g/mol. The molecule has 0 bridgehead atoms. The lowest BCUT2D eigenvalue weighted by atomic mass is 9.90. The van der Waals surface area contributed by atoms with Gasteiger partial charge >= 0.3 is 23.9 Å². The quantitative estimate of drug-likeness (QED) is 0.0164. The number of aryl methyl sites for hydroxylation is 8. The molecule has 22 rings (SSSR count). The van der Waals surface area contributed by atoms with Gasteiger partial charge in [0.05, 0.1) is 48.4 Å². The van der Waals surface area contributed by atoms with Gasteiger partial charge in [0, 0.05) is 153 Å². The highest BCUT2D eigenvalue weighted by atomic mass is 16.5. The first-order chi connectivity index (χ1) is 70.0. The topological polar surface area (TPSA) is 402 Å². The fourth-order valence-corrected chi connectivity index (χ4v) is 22.6. The lowest BCUT2D eigenvalue weighted by Crippen LogP contribution is -2.44. The molecule has 0 radical (unpaired) electrons. The second-order valence-electron chi connectivity index (χ2n) is 43.5. The van der Waals surface area contributed by atoms with Crippen LogP contribution in [0.4, 0.5) is 23.3 Å². The monoisotopic (exact) mass is 1960 g/mol. The first-order valence-electron chi connectivity index (χ1n) is 54.6. The molecule has 143 heavy (non-hydrogen) atoms. The summed E-state index contributed by atoms with van der Waals surface area (Å²) in [4.78, 5) is 113. The van der Waals surface area contributed by atoms with Crippen molar-refractivity contribution in [1.82, 2.24) is 79.4 Å². The average Bonchev–Trinajstić information content (AvgIpc) is 1.64. The van der Waals surface area contributed by atoms with Crippen LogP contribution in [0.2, 0.25) is 0 Å². The number of carboxylic acids is 4. The molecule has 32 heteroatoms. The summed E-state index contributed by atoms with van der Waals surface area (Å²) in [6.07, 6.45) is 54.3. The van der Waals surface area contributed by atoms with Gasteiger partial charge in [-0.3, -0.25) is 38.8 Å². The fraction of sp³-hybridized carbons (Fsp3) is 0.640. The number of nitrogens with zero attached hydrogens (tertiary/aromatic N) is 16. The molecule has 4 unspecified atom stereocenters. The van der Waals surface area contributed by atoms with E-state index in [9.17, 15) is 39.6 Å². The Morgan fingerprint density at radius 2 is 0.755 bits per heavy atom. The van der Waals surface area contributed by atoms with Crippen molar-refractivity contribution in [1.29, 1.82) is 0 Å². The number of likely N-dealkylation sites (tertiary alicyclic amines) is 4. The number of pyridine rings is 4. The summed E-state index contributed by atoms with van der Waals surface area (Å²) in [5.41, 5.74) is 14.8. The van der Waals surface area contributed by atoms with Crippen molar-refractivity contribution in [3.63, 3.8) is 0 Å². The Morgan fingerprint density at radius 1 is 0.392 bits per heavy atom. The second-order valence-corrected chi connectivity index (χ2v) is 43.5. The van der Waals surface area contributed by atoms with Crippen molar-refractivity contribution in [2.75, 3.05) is 126 Å². The van der Waals surface area contributed by atoms with E-state index in [0.29, 0.717) is 97.3 Å². The standard InChI is InChI=1S/C29H39N5O2.C28H39N5O4.C28H37N5O3.C26H35N5O3/c35-29(36)26(24-17-31-28(22-10-11-22)33-25(24)20-8-9-20)34-16-14-19(18-34)5-2-1-3-7-23-13-12-21-6-4-15-30-27(21)32-23;1-28(16-36-17-28)18-37-26-23(14-29-19-31-26)24(27(34)35)33-13-11-20(15-33)6-3-2-4-8-22-10-9-21-7-5-12-30-25(21)32-22;34-28(35)25(23-16-30-27(20-8-9-20)32-24(23)18-6-7-18)33-14-12-22(17-33)36-15-2-1-5-21-11-10-19-4-3-13-29-26(19)31-21;32-26(33)23(22-15-27-17-29-25(22)34-21-10-11-21)31-14-12-18(16-31)5-2-1-3-7-20-9-8-19-6-4-13-28-24(19)30-20/h12-13,17,19-20,22,26H,1-11,14-16,18H2,(H,30,32)(H,35,36);9-10,14,19-20,24H,2-8,11-13,15-18H2,1H3,(H,30,32)(H,34,35);10-11,16,18,20,22,25H,1-9,12-15,17H2,(H,29,31)(H,34,35);8-9,15,17-18,21,23H,1-7,10-14,16H2,(H,28,30)(H,32,33)/t19-,26?;20-,24?;22-,25?;18-,23?/m1111/s1. The molecule has 10 fully saturated rings. The van der Waals surface area contributed by atoms with Crippen molar-refractivity contribution in [2.45, 2.75) is 324 Å². The number of rotatable bonds is 45. The Labute approximate surface area is 841 Å². The molecule has 5 saturated carbocycles. The zero-order valence-corrected chi connectivity index (χ0v) is 83.9. The number of anilines is 4. The highest BCUT2D eigenvalue weighted by Gasteiger charge is 2.45. The van der Waals surface area contributed by atoms with Crippen LogP contribution in [0.25, 0.3) is 0 Å². The van der Waals surface area contributed by atoms with Crippen LogP contribution in [0, 0.1) is 23.2 Å². The number of carboxylic acid groups (broad SMARTS) is 4. The summed E-state index contributed by atoms with van der Waals surface area (Å²) in [6, 6.07) is 14.8. The van der Waals surface area contributed by atoms with Crippen LogP contribution >= 0.6 is 0 Å². The van der Waals surface area contributed by atoms with Crippen LogP contribution in [0.5, 0.6) is 11.8 Å². The van der Waals surface area contributed by atoms with Gasteiger partial charge in [0.15, 0.2) is 0 Å². The third kappa shape index (κ3) is 27.6. The van der Waals surface area contributed by atoms with E-state index < -0.39 is 48.0 Å². The highest BCUT2D eigenvalue weighted by molar-refractivity contribution is 5.78. The molecule has 8 atom stereocenters. The minimum atomic E-state index is -0.884. The number of nitrogens with one attached hydrogen (secondary N) is 4. The molecule has 17 heterocycles. The molecule has 8 N–H and O–H groups in total. The Kier molecular flexibility index (Phi) is 34.3. The maximum atomic E-state index is 12.4. The first-order valence-corrected chi connectivity index (χ1v) is 54.6. The Bertz CT molecular complexity index is 5450. The van der Waals surface area contributed by atoms with Gasteiger partial charge in [0.1, 0.15) is 77.8 Å². The smallest absolute Gasteiger partial charge is 0.325 e. The van der Waals surface area contributed by atoms with Gasteiger partial charge in [0.25, 0.3) is 0 Å². The van der Waals surface area contributed by atoms with E-state index in [4.69, 9.17) is 48.9 Å². The first kappa shape index (κ1) is 101. The summed E-state index contributed by atoms with van der Waals surface area (Å²) >= 11 is 0. The van der Waals surface area contributed by atoms with Gasteiger partial charge in [-0.1, -0.05) is 69.7 Å². The Morgan fingerprint density at radius 3 is 1.13 bits per heavy atom. The summed E-state index contributed by atoms with van der Waals surface area (Å²) in [7, 11) is 0. The zero-order chi connectivity index (χ0) is 98.0. The number of unbranched alkanes of at least 4 members (excludes halogenated alkanes) is 7. The molecule has 0 spiro atoms. The largest absolute Gasteiger partial charge is 0.480 e. The molecule has 5 saturated heterocycles. The van der Waals surface area contributed by atoms with Crippen LogP contribution in [0.15, 0.2) is 86.0 Å². The summed E-state index contributed by atoms with van der Waals surface area (Å²) in [5.74, 6) is 7.06. The number of hydrogen-bond acceptors (Lipinski definition) is 28. The number of aliphatic carboxylic acids is 4. The summed E-state index contributed by atoms with van der Waals surface area (Å²) < 4.78 is 23.4. The van der Waals surface area contributed by atoms with Crippen molar-refractivity contribution in [3.05, 3.63) is 176 Å². The molecule has 766 valence electrons. The van der Waals surface area contributed by atoms with Gasteiger partial charge in [0.2, 0.25) is 11.8 Å². The number of carbonyl (C=O) groups is 4. The average molecular weight is 1960 g/mol. The van der Waals surface area contributed by atoms with E-state index in [1.165, 1.54) is 123 Å². The van der Waals surface area contributed by atoms with E-state index in [2.05, 4.69) is 126 Å². The number of fused-ring (bicyclic) bond motifs is 4. The van der Waals surface area contributed by atoms with Crippen molar-refractivity contribution < 1.29 is 58.6 Å². The van der Waals surface area contributed by atoms with Gasteiger partial charge in [-0.05, 0) is 302 Å². The molecule has 14 aliphatic rings. The van der Waals surface area contributed by atoms with Crippen molar-refractivity contribution in [3.8, 4) is 11.8 Å². The van der Waals surface area contributed by atoms with Crippen molar-refractivity contribution in [2.24, 2.45) is 23.2 Å². The van der Waals surface area contributed by atoms with Crippen molar-refractivity contribution >= 4 is 47.1 Å². The highest BCUT2D eigenvalue weighted by Crippen LogP contribution is 2.49. The molecule has 32 nitrogen and oxygen atoms in total. The van der Waals surface area contributed by atoms with E-state index in [1.54, 1.807) is 12.4 Å². The zero-order valence-electron chi connectivity index (χ0n) is 83.9. The third-order valence-electron chi connectivity index (χ3n) is 31.5. The molecule has 5 aliphatic carbocycles. The normalized spacial score (nSPS) is 22.0. The lowest BCUT2D eigenvalue weighted by Gasteiger charge is -2.37. The number of ether oxygens (including phenoxy) is 4. The maximum absolute atomic E-state index is 12.4. The predicted octanol–water partition coefficient (Wildman–Crippen LogP) is 17.4. The Balaban J connectivity index is 0.000000121. The van der Waals surface area contributed by atoms with E-state index in [0.717, 1.165) is 321 Å². The molecule has 9 aliphatic heterocycles. The Hall–Kier alpha value is -10.6. The van der Waals surface area contributed by atoms with Crippen LogP contribution in [0.3, 0.4) is 0 Å². The van der Waals surface area contributed by atoms with Crippen LogP contribution in [0.1, 0.15) is 351 Å². The maximum Gasteiger partial charge on any atom is 0.325 e. The molecule has 0 aromatic carbocycles. The van der Waals surface area contributed by atoms with Gasteiger partial charge in [-0.2, -0.15) is 0 Å². The SMILES string of the molecule is CC1(COc2ncncc2C(C(=O)O)N2CC[C@@H](CCCCCc3ccc4c(n3)NCCC4)C2)COC1.O=C(O)C(c1cnc(C2CC2)nc1C1CC1)N1CC[C@@H](CCCCCc2ccc3c(n2)NCCC3)C1.O=C(O)C(c1cnc(C2CC2)nc1C1CC1)N1CC[C@@H](OCCCCc2ccc3c(n2)NCCC3)C1.O=C(O)C(c1cncnc1OC1CC1)N1CC[C@@H](CCCCCc2ccc3c(n2)NCCC3)C1. The fourth-order valence-electron chi connectivity index (χ4n) is 22.6. The van der Waals surface area contributed by atoms with E-state index >= 15 is 0 Å². The summed E-state index contributed by atoms with van der Waals surface area (Å²) in [5, 5.41) is 54.2. The van der Waals surface area contributed by atoms with E-state index in [-0.39, 0.29) is 17.6 Å². The number of aromatic nitrogens is 12. The molecule has 8 aromatic rings. The molecule has 8 aromatic heterocycles. The van der Waals surface area contributed by atoms with Gasteiger partial charge in [-0.25, -0.2) is 59.8 Å². The molecule has 0 amide bonds. The predicted molar refractivity (Wildman–Crippen MR) is 544 cm³/mol. The lowest BCUT2D eigenvalue weighted by molar-refractivity contribution is -0.144. The van der Waals surface area contributed by atoms with Crippen LogP contribution < -0.4 is 30.7 Å². The van der Waals surface area contributed by atoms with E-state index in [1.807, 2.05) is 12.4 Å². The van der Waals surface area contributed by atoms with Gasteiger partial charge in [-0.15, -0.1) is 0 Å². The number of hydrogen-bond donors (Lipinski definition) is 8. The third-order valence-corrected chi connectivity index (χ3v) is 31.5. The van der Waals surface area contributed by atoms with Crippen LogP contribution in [-0.4, -0.2) is 241 Å². The summed E-state index contributed by atoms with van der Waals surface area (Å²) in [6.45, 7) is 14.8. The van der Waals surface area contributed by atoms with Gasteiger partial charge < -0.3 is 60.6 Å².